The fraction of sp³-hybridized carbons (Fsp3) is 0.533. The van der Waals surface area contributed by atoms with Crippen LogP contribution in [0.2, 0.25) is 0 Å². The second-order valence-corrected chi connectivity index (χ2v) is 5.50. The normalized spacial score (nSPS) is 22.9. The van der Waals surface area contributed by atoms with E-state index in [4.69, 9.17) is 0 Å². The van der Waals surface area contributed by atoms with Crippen molar-refractivity contribution in [3.8, 4) is 5.75 Å². The maximum atomic E-state index is 12.6. The average molecular weight is 301 g/mol. The number of phenols is 1. The molecule has 0 bridgehead atoms. The van der Waals surface area contributed by atoms with E-state index in [0.29, 0.717) is 5.69 Å². The minimum Gasteiger partial charge on any atom is -0.508 e. The molecule has 2 rings (SSSR count). The number of phenolic OH excluding ortho intramolecular Hbond substituents is 1. The van der Waals surface area contributed by atoms with Crippen LogP contribution in [0.1, 0.15) is 25.7 Å². The molecular formula is C15H18F3NO2. The highest BCUT2D eigenvalue weighted by Gasteiger charge is 2.42. The lowest BCUT2D eigenvalue weighted by molar-refractivity contribution is -0.184. The van der Waals surface area contributed by atoms with Gasteiger partial charge in [0.25, 0.3) is 0 Å². The van der Waals surface area contributed by atoms with Gasteiger partial charge in [-0.1, -0.05) is 0 Å². The number of amides is 1. The summed E-state index contributed by atoms with van der Waals surface area (Å²) in [4.78, 5) is 13.8. The van der Waals surface area contributed by atoms with Crippen LogP contribution in [0.4, 0.5) is 18.9 Å². The van der Waals surface area contributed by atoms with Crippen LogP contribution in [0.15, 0.2) is 24.3 Å². The number of aromatic hydroxyl groups is 1. The average Bonchev–Trinajstić information content (AvgIpc) is 2.46. The fourth-order valence-electron chi connectivity index (χ4n) is 2.75. The summed E-state index contributed by atoms with van der Waals surface area (Å²) in [5.74, 6) is -1.70. The minimum absolute atomic E-state index is 0.0172. The van der Waals surface area contributed by atoms with E-state index in [1.54, 1.807) is 19.2 Å². The maximum Gasteiger partial charge on any atom is 0.391 e. The zero-order valence-electron chi connectivity index (χ0n) is 11.7. The fourth-order valence-corrected chi connectivity index (χ4v) is 2.75. The Balaban J connectivity index is 1.97. The van der Waals surface area contributed by atoms with Crippen LogP contribution < -0.4 is 4.90 Å². The quantitative estimate of drug-likeness (QED) is 0.904. The van der Waals surface area contributed by atoms with E-state index < -0.39 is 12.1 Å². The third kappa shape index (κ3) is 3.68. The Morgan fingerprint density at radius 1 is 1.14 bits per heavy atom. The van der Waals surface area contributed by atoms with Gasteiger partial charge in [-0.3, -0.25) is 4.79 Å². The zero-order valence-corrected chi connectivity index (χ0v) is 11.7. The standard InChI is InChI=1S/C15H18F3NO2/c1-19(12-6-8-13(20)9-7-12)14(21)10-2-4-11(5-3-10)15(16,17)18/h6-11,20H,2-5H2,1H3. The molecule has 0 spiro atoms. The van der Waals surface area contributed by atoms with Gasteiger partial charge in [0, 0.05) is 18.7 Å². The molecule has 1 N–H and O–H groups in total. The molecule has 1 saturated carbocycles. The first-order valence-corrected chi connectivity index (χ1v) is 6.92. The van der Waals surface area contributed by atoms with Crippen molar-refractivity contribution in [1.82, 2.24) is 0 Å². The predicted molar refractivity (Wildman–Crippen MR) is 73.0 cm³/mol. The van der Waals surface area contributed by atoms with Gasteiger partial charge in [0.1, 0.15) is 5.75 Å². The second-order valence-electron chi connectivity index (χ2n) is 5.50. The van der Waals surface area contributed by atoms with Crippen LogP contribution in [0.5, 0.6) is 5.75 Å². The Labute approximate surface area is 121 Å². The van der Waals surface area contributed by atoms with Crippen LogP contribution in [0, 0.1) is 11.8 Å². The highest BCUT2D eigenvalue weighted by Crippen LogP contribution is 2.40. The number of hydrogen-bond acceptors (Lipinski definition) is 2. The molecule has 0 saturated heterocycles. The molecule has 1 aromatic rings. The van der Waals surface area contributed by atoms with Crippen LogP contribution in [0.3, 0.4) is 0 Å². The lowest BCUT2D eigenvalue weighted by atomic mass is 9.81. The lowest BCUT2D eigenvalue weighted by Gasteiger charge is -2.31. The Morgan fingerprint density at radius 2 is 1.67 bits per heavy atom. The third-order valence-electron chi connectivity index (χ3n) is 4.11. The molecule has 1 aliphatic rings. The Morgan fingerprint density at radius 3 is 2.14 bits per heavy atom. The van der Waals surface area contributed by atoms with Crippen molar-refractivity contribution in [3.05, 3.63) is 24.3 Å². The summed E-state index contributed by atoms with van der Waals surface area (Å²) in [6, 6.07) is 6.16. The van der Waals surface area contributed by atoms with Crippen LogP contribution >= 0.6 is 0 Å². The summed E-state index contributed by atoms with van der Waals surface area (Å²) in [7, 11) is 1.60. The number of carbonyl (C=O) groups excluding carboxylic acids is 1. The van der Waals surface area contributed by atoms with Gasteiger partial charge in [-0.25, -0.2) is 0 Å². The van der Waals surface area contributed by atoms with Gasteiger partial charge in [0.15, 0.2) is 0 Å². The summed E-state index contributed by atoms with van der Waals surface area (Å²) in [6.07, 6.45) is -3.58. The van der Waals surface area contributed by atoms with Crippen molar-refractivity contribution in [1.29, 1.82) is 0 Å². The van der Waals surface area contributed by atoms with Crippen molar-refractivity contribution >= 4 is 11.6 Å². The predicted octanol–water partition coefficient (Wildman–Crippen LogP) is 3.72. The van der Waals surface area contributed by atoms with Gasteiger partial charge in [0.05, 0.1) is 5.92 Å². The van der Waals surface area contributed by atoms with Gasteiger partial charge >= 0.3 is 6.18 Å². The number of halogens is 3. The maximum absolute atomic E-state index is 12.6. The molecule has 1 aliphatic carbocycles. The van der Waals surface area contributed by atoms with E-state index in [-0.39, 0.29) is 43.3 Å². The number of benzene rings is 1. The SMILES string of the molecule is CN(C(=O)C1CCC(C(F)(F)F)CC1)c1ccc(O)cc1. The highest BCUT2D eigenvalue weighted by atomic mass is 19.4. The van der Waals surface area contributed by atoms with Crippen molar-refractivity contribution in [2.75, 3.05) is 11.9 Å². The smallest absolute Gasteiger partial charge is 0.391 e. The molecule has 3 nitrogen and oxygen atoms in total. The van der Waals surface area contributed by atoms with Crippen molar-refractivity contribution in [2.24, 2.45) is 11.8 Å². The Bertz CT molecular complexity index is 491. The molecule has 0 aliphatic heterocycles. The van der Waals surface area contributed by atoms with Gasteiger partial charge in [-0.2, -0.15) is 13.2 Å². The van der Waals surface area contributed by atoms with Crippen LogP contribution in [0.25, 0.3) is 0 Å². The lowest BCUT2D eigenvalue weighted by Crippen LogP contribution is -2.37. The zero-order chi connectivity index (χ0) is 15.6. The largest absolute Gasteiger partial charge is 0.508 e. The molecule has 0 unspecified atom stereocenters. The molecule has 1 amide bonds. The second kappa shape index (κ2) is 5.95. The molecule has 0 radical (unpaired) electrons. The number of nitrogens with zero attached hydrogens (tertiary/aromatic N) is 1. The molecule has 6 heteroatoms. The van der Waals surface area contributed by atoms with E-state index in [1.807, 2.05) is 0 Å². The monoisotopic (exact) mass is 301 g/mol. The molecule has 21 heavy (non-hydrogen) atoms. The Kier molecular flexibility index (Phi) is 4.44. The highest BCUT2D eigenvalue weighted by molar-refractivity contribution is 5.94. The third-order valence-corrected chi connectivity index (χ3v) is 4.11. The van der Waals surface area contributed by atoms with Gasteiger partial charge in [-0.05, 0) is 49.9 Å². The number of anilines is 1. The number of hydrogen-bond donors (Lipinski definition) is 1. The van der Waals surface area contributed by atoms with Crippen LogP contribution in [-0.2, 0) is 4.79 Å². The molecule has 1 aromatic carbocycles. The van der Waals surface area contributed by atoms with Gasteiger partial charge in [-0.15, -0.1) is 0 Å². The molecule has 116 valence electrons. The molecule has 0 aromatic heterocycles. The van der Waals surface area contributed by atoms with E-state index in [1.165, 1.54) is 17.0 Å². The first-order valence-electron chi connectivity index (χ1n) is 6.92. The molecule has 0 atom stereocenters. The van der Waals surface area contributed by atoms with Gasteiger partial charge in [0.2, 0.25) is 5.91 Å². The van der Waals surface area contributed by atoms with E-state index in [0.717, 1.165) is 0 Å². The van der Waals surface area contributed by atoms with Gasteiger partial charge < -0.3 is 10.0 Å². The summed E-state index contributed by atoms with van der Waals surface area (Å²) in [6.45, 7) is 0. The first kappa shape index (κ1) is 15.7. The van der Waals surface area contributed by atoms with E-state index in [9.17, 15) is 23.1 Å². The van der Waals surface area contributed by atoms with E-state index in [2.05, 4.69) is 0 Å². The first-order chi connectivity index (χ1) is 9.79. The number of alkyl halides is 3. The molecule has 1 fully saturated rings. The minimum atomic E-state index is -4.16. The summed E-state index contributed by atoms with van der Waals surface area (Å²) in [5.41, 5.74) is 0.621. The van der Waals surface area contributed by atoms with Crippen molar-refractivity contribution in [2.45, 2.75) is 31.9 Å². The topological polar surface area (TPSA) is 40.5 Å². The number of rotatable bonds is 2. The van der Waals surface area contributed by atoms with Crippen molar-refractivity contribution in [3.63, 3.8) is 0 Å². The van der Waals surface area contributed by atoms with Crippen LogP contribution in [-0.4, -0.2) is 24.2 Å². The van der Waals surface area contributed by atoms with Crippen molar-refractivity contribution < 1.29 is 23.1 Å². The Hall–Kier alpha value is -1.72. The van der Waals surface area contributed by atoms with E-state index >= 15 is 0 Å². The molecular weight excluding hydrogens is 283 g/mol. The molecule has 0 heterocycles. The summed E-state index contributed by atoms with van der Waals surface area (Å²) >= 11 is 0. The summed E-state index contributed by atoms with van der Waals surface area (Å²) < 4.78 is 37.8. The number of carbonyl (C=O) groups is 1. The summed E-state index contributed by atoms with van der Waals surface area (Å²) in [5, 5.41) is 9.22.